The van der Waals surface area contributed by atoms with Crippen LogP contribution in [0.5, 0.6) is 0 Å². The Hall–Kier alpha value is -1.44. The molecule has 1 atom stereocenters. The van der Waals surface area contributed by atoms with Gasteiger partial charge in [0.1, 0.15) is 11.9 Å². The van der Waals surface area contributed by atoms with Gasteiger partial charge in [0.25, 0.3) is 5.91 Å². The summed E-state index contributed by atoms with van der Waals surface area (Å²) in [5, 5.41) is 3.23. The minimum atomic E-state index is -0.308. The molecule has 0 saturated carbocycles. The summed E-state index contributed by atoms with van der Waals surface area (Å²) in [6.07, 6.45) is 5.61. The lowest BCUT2D eigenvalue weighted by atomic mass is 9.95. The molecule has 0 bridgehead atoms. The number of nitrogens with one attached hydrogen (secondary N) is 1. The SMILES string of the molecule is CN(C)CCn1ccnc1C1CCN(C(=O)[C@H]2CNCCO2)CC1. The van der Waals surface area contributed by atoms with Gasteiger partial charge in [-0.05, 0) is 26.9 Å². The van der Waals surface area contributed by atoms with Crippen LogP contribution in [0, 0.1) is 0 Å². The van der Waals surface area contributed by atoms with Crippen LogP contribution in [0.3, 0.4) is 0 Å². The van der Waals surface area contributed by atoms with Gasteiger partial charge in [-0.3, -0.25) is 4.79 Å². The molecule has 2 aliphatic rings. The van der Waals surface area contributed by atoms with E-state index >= 15 is 0 Å². The third-order valence-electron chi connectivity index (χ3n) is 4.91. The van der Waals surface area contributed by atoms with Gasteiger partial charge in [-0.15, -0.1) is 0 Å². The second kappa shape index (κ2) is 8.09. The number of likely N-dealkylation sites (N-methyl/N-ethyl adjacent to an activating group) is 1. The van der Waals surface area contributed by atoms with Gasteiger partial charge >= 0.3 is 0 Å². The van der Waals surface area contributed by atoms with E-state index in [-0.39, 0.29) is 12.0 Å². The number of imidazole rings is 1. The lowest BCUT2D eigenvalue weighted by Gasteiger charge is -2.35. The number of carbonyl (C=O) groups is 1. The highest BCUT2D eigenvalue weighted by Gasteiger charge is 2.31. The fraction of sp³-hybridized carbons (Fsp3) is 0.765. The molecule has 24 heavy (non-hydrogen) atoms. The zero-order valence-corrected chi connectivity index (χ0v) is 14.8. The van der Waals surface area contributed by atoms with Crippen LogP contribution < -0.4 is 5.32 Å². The van der Waals surface area contributed by atoms with Crippen LogP contribution in [0.25, 0.3) is 0 Å². The highest BCUT2D eigenvalue weighted by Crippen LogP contribution is 2.27. The van der Waals surface area contributed by atoms with Crippen molar-refractivity contribution in [1.82, 2.24) is 24.7 Å². The molecule has 3 rings (SSSR count). The third-order valence-corrected chi connectivity index (χ3v) is 4.91. The molecular formula is C17H29N5O2. The Labute approximate surface area is 144 Å². The molecule has 2 fully saturated rings. The summed E-state index contributed by atoms with van der Waals surface area (Å²) in [7, 11) is 4.17. The third kappa shape index (κ3) is 4.15. The molecular weight excluding hydrogens is 306 g/mol. The van der Waals surface area contributed by atoms with E-state index in [1.54, 1.807) is 0 Å². The number of piperidine rings is 1. The molecule has 0 unspecified atom stereocenters. The Morgan fingerprint density at radius 2 is 2.21 bits per heavy atom. The van der Waals surface area contributed by atoms with E-state index in [0.717, 1.165) is 45.6 Å². The van der Waals surface area contributed by atoms with Crippen LogP contribution in [-0.4, -0.2) is 84.8 Å². The number of ether oxygens (including phenoxy) is 1. The number of amides is 1. The van der Waals surface area contributed by atoms with Gasteiger partial charge in [0.15, 0.2) is 0 Å². The van der Waals surface area contributed by atoms with Gasteiger partial charge in [0.2, 0.25) is 0 Å². The highest BCUT2D eigenvalue weighted by atomic mass is 16.5. The summed E-state index contributed by atoms with van der Waals surface area (Å²) >= 11 is 0. The number of aromatic nitrogens is 2. The van der Waals surface area contributed by atoms with Crippen molar-refractivity contribution in [2.45, 2.75) is 31.4 Å². The Kier molecular flexibility index (Phi) is 5.86. The fourth-order valence-electron chi connectivity index (χ4n) is 3.46. The van der Waals surface area contributed by atoms with Gasteiger partial charge in [-0.2, -0.15) is 0 Å². The number of morpholine rings is 1. The molecule has 1 N–H and O–H groups in total. The van der Waals surface area contributed by atoms with Crippen molar-refractivity contribution in [2.75, 3.05) is 53.4 Å². The standard InChI is InChI=1S/C17H29N5O2/c1-20(2)10-11-21-9-5-19-16(21)14-3-7-22(8-4-14)17(23)15-13-18-6-12-24-15/h5,9,14-15,18H,3-4,6-8,10-13H2,1-2H3/t15-/m1/s1. The molecule has 3 heterocycles. The van der Waals surface area contributed by atoms with Crippen molar-refractivity contribution in [3.05, 3.63) is 18.2 Å². The number of carbonyl (C=O) groups excluding carboxylic acids is 1. The minimum absolute atomic E-state index is 0.136. The molecule has 0 radical (unpaired) electrons. The zero-order valence-electron chi connectivity index (χ0n) is 14.8. The van der Waals surface area contributed by atoms with Crippen LogP contribution in [-0.2, 0) is 16.1 Å². The maximum Gasteiger partial charge on any atom is 0.253 e. The van der Waals surface area contributed by atoms with Crippen molar-refractivity contribution < 1.29 is 9.53 Å². The van der Waals surface area contributed by atoms with Crippen LogP contribution in [0.4, 0.5) is 0 Å². The molecule has 0 spiro atoms. The number of likely N-dealkylation sites (tertiary alicyclic amines) is 1. The molecule has 1 amide bonds. The molecule has 1 aromatic rings. The Morgan fingerprint density at radius 3 is 2.88 bits per heavy atom. The van der Waals surface area contributed by atoms with Crippen molar-refractivity contribution in [2.24, 2.45) is 0 Å². The van der Waals surface area contributed by atoms with Gasteiger partial charge in [0, 0.05) is 57.6 Å². The molecule has 1 aromatic heterocycles. The summed E-state index contributed by atoms with van der Waals surface area (Å²) in [6, 6.07) is 0. The van der Waals surface area contributed by atoms with Crippen molar-refractivity contribution in [3.8, 4) is 0 Å². The largest absolute Gasteiger partial charge is 0.366 e. The Balaban J connectivity index is 1.53. The predicted molar refractivity (Wildman–Crippen MR) is 91.9 cm³/mol. The van der Waals surface area contributed by atoms with Gasteiger partial charge in [-0.25, -0.2) is 4.98 Å². The van der Waals surface area contributed by atoms with Gasteiger partial charge in [0.05, 0.1) is 6.61 Å². The first kappa shape index (κ1) is 17.4. The lowest BCUT2D eigenvalue weighted by Crippen LogP contribution is -2.51. The van der Waals surface area contributed by atoms with E-state index < -0.39 is 0 Å². The molecule has 2 saturated heterocycles. The summed E-state index contributed by atoms with van der Waals surface area (Å²) in [6.45, 7) is 5.65. The zero-order chi connectivity index (χ0) is 16.9. The van der Waals surface area contributed by atoms with Crippen LogP contribution in [0.15, 0.2) is 12.4 Å². The summed E-state index contributed by atoms with van der Waals surface area (Å²) in [4.78, 5) is 21.3. The number of nitrogens with zero attached hydrogens (tertiary/aromatic N) is 4. The predicted octanol–water partition coefficient (Wildman–Crippen LogP) is 0.139. The van der Waals surface area contributed by atoms with Crippen molar-refractivity contribution in [1.29, 1.82) is 0 Å². The van der Waals surface area contributed by atoms with E-state index in [1.807, 2.05) is 11.1 Å². The summed E-state index contributed by atoms with van der Waals surface area (Å²) in [5.74, 6) is 1.74. The van der Waals surface area contributed by atoms with Gasteiger partial charge in [-0.1, -0.05) is 0 Å². The average Bonchev–Trinajstić information content (AvgIpc) is 3.09. The normalized spacial score (nSPS) is 23.0. The van der Waals surface area contributed by atoms with Crippen LogP contribution >= 0.6 is 0 Å². The maximum absolute atomic E-state index is 12.5. The summed E-state index contributed by atoms with van der Waals surface area (Å²) < 4.78 is 7.85. The molecule has 7 nitrogen and oxygen atoms in total. The van der Waals surface area contributed by atoms with Gasteiger partial charge < -0.3 is 24.4 Å². The molecule has 7 heteroatoms. The van der Waals surface area contributed by atoms with E-state index in [0.29, 0.717) is 19.1 Å². The van der Waals surface area contributed by atoms with Crippen LogP contribution in [0.2, 0.25) is 0 Å². The quantitative estimate of drug-likeness (QED) is 0.829. The van der Waals surface area contributed by atoms with E-state index in [2.05, 4.69) is 40.1 Å². The minimum Gasteiger partial charge on any atom is -0.366 e. The first-order valence-corrected chi connectivity index (χ1v) is 8.92. The van der Waals surface area contributed by atoms with E-state index in [4.69, 9.17) is 4.74 Å². The number of hydrogen-bond donors (Lipinski definition) is 1. The first-order valence-electron chi connectivity index (χ1n) is 8.92. The Morgan fingerprint density at radius 1 is 1.42 bits per heavy atom. The summed E-state index contributed by atoms with van der Waals surface area (Å²) in [5.41, 5.74) is 0. The average molecular weight is 335 g/mol. The highest BCUT2D eigenvalue weighted by molar-refractivity contribution is 5.81. The maximum atomic E-state index is 12.5. The molecule has 134 valence electrons. The van der Waals surface area contributed by atoms with E-state index in [9.17, 15) is 4.79 Å². The fourth-order valence-corrected chi connectivity index (χ4v) is 3.46. The second-order valence-electron chi connectivity index (χ2n) is 6.95. The van der Waals surface area contributed by atoms with Crippen molar-refractivity contribution in [3.63, 3.8) is 0 Å². The first-order chi connectivity index (χ1) is 11.6. The topological polar surface area (TPSA) is 62.6 Å². The Bertz CT molecular complexity index is 531. The van der Waals surface area contributed by atoms with Crippen LogP contribution in [0.1, 0.15) is 24.6 Å². The van der Waals surface area contributed by atoms with Crippen molar-refractivity contribution >= 4 is 5.91 Å². The molecule has 0 aromatic carbocycles. The monoisotopic (exact) mass is 335 g/mol. The second-order valence-corrected chi connectivity index (χ2v) is 6.95. The molecule has 2 aliphatic heterocycles. The molecule has 0 aliphatic carbocycles. The lowest BCUT2D eigenvalue weighted by molar-refractivity contribution is -0.146. The number of hydrogen-bond acceptors (Lipinski definition) is 5. The smallest absolute Gasteiger partial charge is 0.253 e. The van der Waals surface area contributed by atoms with E-state index in [1.165, 1.54) is 5.82 Å². The number of rotatable bonds is 5.